The van der Waals surface area contributed by atoms with Gasteiger partial charge in [-0.2, -0.15) is 12.4 Å². The van der Waals surface area contributed by atoms with E-state index in [1.54, 1.807) is 12.4 Å². The van der Waals surface area contributed by atoms with Crippen molar-refractivity contribution in [1.82, 2.24) is 19.9 Å². The maximum absolute atomic E-state index is 11.6. The van der Waals surface area contributed by atoms with Gasteiger partial charge in [-0.25, -0.2) is 9.97 Å². The summed E-state index contributed by atoms with van der Waals surface area (Å²) in [6.07, 6.45) is 3.15. The number of hydrogen-bond donors (Lipinski definition) is 0. The molecule has 4 radical (unpaired) electrons. The molecule has 0 fully saturated rings. The van der Waals surface area contributed by atoms with E-state index in [1.165, 1.54) is 0 Å². The van der Waals surface area contributed by atoms with E-state index in [2.05, 4.69) is 19.9 Å². The Labute approximate surface area is 249 Å². The molecule has 6 aromatic rings. The van der Waals surface area contributed by atoms with E-state index >= 15 is 0 Å². The predicted octanol–water partition coefficient (Wildman–Crippen LogP) is 5.70. The molecule has 0 saturated carbocycles. The molecule has 0 spiro atoms. The van der Waals surface area contributed by atoms with E-state index in [0.717, 1.165) is 44.0 Å². The normalized spacial score (nSPS) is 9.63. The SMILES string of the molecule is CC.CC.Cc1c[n-]c(=O)c2cc3ccccc3nc12.Cc1c[n-]c(=O)c2cc3ccccc3nc12.[B].[Y]. The first kappa shape index (κ1) is 32.9. The number of aryl methyl sites for hydroxylation is 2. The van der Waals surface area contributed by atoms with Gasteiger partial charge in [-0.1, -0.05) is 64.1 Å². The van der Waals surface area contributed by atoms with Crippen molar-refractivity contribution in [2.75, 3.05) is 0 Å². The molecule has 0 aliphatic carbocycles. The average molecular weight is 578 g/mol. The van der Waals surface area contributed by atoms with Crippen LogP contribution in [0.25, 0.3) is 43.6 Å². The fourth-order valence-electron chi connectivity index (χ4n) is 3.73. The second-order valence-corrected chi connectivity index (χ2v) is 7.65. The Balaban J connectivity index is 0.000000321. The standard InChI is InChI=1S/2C13H10N2O.2C2H6.B.Y/c2*1-8-7-14-13(16)10-6-9-4-2-3-5-11(9)15-12(8)10;2*1-2;;/h2*2-7H,1H3,(H,14,15,16);2*1-2H3;;/p-2. The van der Waals surface area contributed by atoms with Crippen LogP contribution in [0.4, 0.5) is 0 Å². The van der Waals surface area contributed by atoms with Crippen LogP contribution in [0.3, 0.4) is 0 Å². The monoisotopic (exact) mass is 578 g/mol. The number of benzene rings is 2. The molecule has 2 aromatic carbocycles. The van der Waals surface area contributed by atoms with Gasteiger partial charge in [-0.3, -0.25) is 0 Å². The van der Waals surface area contributed by atoms with Gasteiger partial charge in [0.2, 0.25) is 0 Å². The number of para-hydroxylation sites is 2. The van der Waals surface area contributed by atoms with Gasteiger partial charge in [0.05, 0.1) is 33.2 Å². The van der Waals surface area contributed by atoms with Gasteiger partial charge in [0.15, 0.2) is 0 Å². The predicted molar refractivity (Wildman–Crippen MR) is 156 cm³/mol. The maximum Gasteiger partial charge on any atom is 0.0871 e. The largest absolute Gasteiger partial charge is 0.629 e. The van der Waals surface area contributed by atoms with E-state index in [-0.39, 0.29) is 52.2 Å². The molecule has 38 heavy (non-hydrogen) atoms. The van der Waals surface area contributed by atoms with Crippen molar-refractivity contribution >= 4 is 52.0 Å². The first-order valence-corrected chi connectivity index (χ1v) is 12.2. The van der Waals surface area contributed by atoms with Crippen LogP contribution in [0.15, 0.2) is 82.6 Å². The number of aromatic nitrogens is 4. The second-order valence-electron chi connectivity index (χ2n) is 7.65. The van der Waals surface area contributed by atoms with Crippen LogP contribution in [0.1, 0.15) is 38.8 Å². The third-order valence-electron chi connectivity index (χ3n) is 5.41. The maximum atomic E-state index is 11.6. The van der Waals surface area contributed by atoms with Crippen LogP contribution in [-0.2, 0) is 32.7 Å². The van der Waals surface area contributed by atoms with E-state index in [4.69, 9.17) is 0 Å². The summed E-state index contributed by atoms with van der Waals surface area (Å²) >= 11 is 0. The first-order valence-electron chi connectivity index (χ1n) is 12.2. The quantitative estimate of drug-likeness (QED) is 0.170. The molecule has 0 atom stereocenters. The summed E-state index contributed by atoms with van der Waals surface area (Å²) in [5.41, 5.74) is 4.75. The van der Waals surface area contributed by atoms with Crippen molar-refractivity contribution < 1.29 is 32.7 Å². The number of rotatable bonds is 0. The molecule has 0 bridgehead atoms. The molecule has 4 heterocycles. The fourth-order valence-corrected chi connectivity index (χ4v) is 3.73. The second kappa shape index (κ2) is 15.3. The van der Waals surface area contributed by atoms with Crippen molar-refractivity contribution in [3.05, 3.63) is 105 Å². The molecule has 4 aromatic heterocycles. The molecular weight excluding hydrogens is 548 g/mol. The molecule has 8 heteroatoms. The molecule has 0 N–H and O–H groups in total. The Morgan fingerprint density at radius 1 is 0.605 bits per heavy atom. The molecule has 190 valence electrons. The number of nitrogens with zero attached hydrogens (tertiary/aromatic N) is 4. The van der Waals surface area contributed by atoms with Gasteiger partial charge in [0, 0.05) is 62.7 Å². The summed E-state index contributed by atoms with van der Waals surface area (Å²) in [4.78, 5) is 39.9. The van der Waals surface area contributed by atoms with Crippen LogP contribution in [-0.4, -0.2) is 18.4 Å². The van der Waals surface area contributed by atoms with Crippen molar-refractivity contribution in [2.24, 2.45) is 0 Å². The number of fused-ring (bicyclic) bond motifs is 4. The van der Waals surface area contributed by atoms with Crippen molar-refractivity contribution in [1.29, 1.82) is 0 Å². The number of hydrogen-bond acceptors (Lipinski definition) is 4. The van der Waals surface area contributed by atoms with Crippen LogP contribution in [0.5, 0.6) is 0 Å². The Hall–Kier alpha value is -3.15. The summed E-state index contributed by atoms with van der Waals surface area (Å²) in [5, 5.41) is 3.14. The third kappa shape index (κ3) is 7.03. The minimum atomic E-state index is -0.209. The van der Waals surface area contributed by atoms with Gasteiger partial charge in [-0.15, -0.1) is 0 Å². The minimum Gasteiger partial charge on any atom is -0.629 e. The van der Waals surface area contributed by atoms with E-state index in [0.29, 0.717) is 10.8 Å². The Bertz CT molecular complexity index is 1630. The summed E-state index contributed by atoms with van der Waals surface area (Å²) in [6.45, 7) is 11.8. The zero-order valence-electron chi connectivity index (χ0n) is 22.7. The zero-order chi connectivity index (χ0) is 26.2. The van der Waals surface area contributed by atoms with Crippen LogP contribution in [0, 0.1) is 13.8 Å². The van der Waals surface area contributed by atoms with Gasteiger partial charge in [0.25, 0.3) is 0 Å². The Kier molecular flexibility index (Phi) is 13.2. The minimum absolute atomic E-state index is 0. The van der Waals surface area contributed by atoms with Crippen molar-refractivity contribution in [2.45, 2.75) is 41.5 Å². The van der Waals surface area contributed by atoms with Crippen LogP contribution in [0.2, 0.25) is 0 Å². The van der Waals surface area contributed by atoms with Crippen LogP contribution >= 0.6 is 0 Å². The molecule has 0 aliphatic heterocycles. The number of pyridine rings is 4. The smallest absolute Gasteiger partial charge is 0.0871 e. The van der Waals surface area contributed by atoms with Gasteiger partial charge in [-0.05, 0) is 49.2 Å². The molecule has 6 rings (SSSR count). The van der Waals surface area contributed by atoms with E-state index in [9.17, 15) is 9.59 Å². The molecule has 0 saturated heterocycles. The molecule has 0 amide bonds. The Morgan fingerprint density at radius 2 is 0.947 bits per heavy atom. The molecular formula is C30H30BN4O2Y-2. The first-order chi connectivity index (χ1) is 17.5. The van der Waals surface area contributed by atoms with E-state index in [1.807, 2.05) is 102 Å². The van der Waals surface area contributed by atoms with Gasteiger partial charge >= 0.3 is 0 Å². The zero-order valence-corrected chi connectivity index (χ0v) is 25.5. The molecule has 6 nitrogen and oxygen atoms in total. The van der Waals surface area contributed by atoms with Gasteiger partial charge < -0.3 is 19.6 Å². The van der Waals surface area contributed by atoms with E-state index < -0.39 is 0 Å². The van der Waals surface area contributed by atoms with Crippen molar-refractivity contribution in [3.8, 4) is 0 Å². The van der Waals surface area contributed by atoms with Crippen molar-refractivity contribution in [3.63, 3.8) is 0 Å². The summed E-state index contributed by atoms with van der Waals surface area (Å²) in [7, 11) is 0. The van der Waals surface area contributed by atoms with Crippen LogP contribution < -0.4 is 21.1 Å². The van der Waals surface area contributed by atoms with Gasteiger partial charge in [0.1, 0.15) is 0 Å². The summed E-state index contributed by atoms with van der Waals surface area (Å²) in [6, 6.07) is 19.3. The summed E-state index contributed by atoms with van der Waals surface area (Å²) < 4.78 is 0. The average Bonchev–Trinajstić information content (AvgIpc) is 2.94. The molecule has 0 aliphatic rings. The fraction of sp³-hybridized carbons (Fsp3) is 0.200. The summed E-state index contributed by atoms with van der Waals surface area (Å²) in [5.74, 6) is 0. The Morgan fingerprint density at radius 3 is 1.32 bits per heavy atom. The third-order valence-corrected chi connectivity index (χ3v) is 5.41. The topological polar surface area (TPSA) is 88.1 Å². The molecule has 0 unspecified atom stereocenters.